The monoisotopic (exact) mass is 386 g/mol. The molecule has 0 saturated heterocycles. The van der Waals surface area contributed by atoms with Crippen molar-refractivity contribution in [2.75, 3.05) is 13.1 Å². The third kappa shape index (κ3) is 5.59. The number of benzene rings is 1. The Bertz CT molecular complexity index is 633. The number of carbonyl (C=O) groups excluding carboxylic acids is 1. The van der Waals surface area contributed by atoms with Crippen LogP contribution < -0.4 is 5.32 Å². The minimum absolute atomic E-state index is 0.00394. The maximum Gasteiger partial charge on any atom is 0.317 e. The number of carbonyl (C=O) groups is 2. The lowest BCUT2D eigenvalue weighted by Crippen LogP contribution is -2.55. The minimum Gasteiger partial charge on any atom is -0.480 e. The van der Waals surface area contributed by atoms with Gasteiger partial charge in [0.05, 0.1) is 6.54 Å². The summed E-state index contributed by atoms with van der Waals surface area (Å²) in [6.07, 6.45) is 2.14. The van der Waals surface area contributed by atoms with E-state index in [9.17, 15) is 9.59 Å². The molecule has 1 aliphatic carbocycles. The first-order valence-corrected chi connectivity index (χ1v) is 9.25. The van der Waals surface area contributed by atoms with Crippen LogP contribution in [0.2, 0.25) is 10.0 Å². The van der Waals surface area contributed by atoms with E-state index >= 15 is 0 Å². The van der Waals surface area contributed by atoms with Gasteiger partial charge in [0.2, 0.25) is 5.91 Å². The summed E-state index contributed by atoms with van der Waals surface area (Å²) in [5, 5.41) is 13.1. The highest BCUT2D eigenvalue weighted by molar-refractivity contribution is 6.35. The summed E-state index contributed by atoms with van der Waals surface area (Å²) in [5.41, 5.74) is 0.902. The quantitative estimate of drug-likeness (QED) is 0.719. The van der Waals surface area contributed by atoms with Crippen LogP contribution >= 0.6 is 23.2 Å². The second-order valence-corrected chi connectivity index (χ2v) is 7.47. The first kappa shape index (κ1) is 20.0. The van der Waals surface area contributed by atoms with E-state index in [4.69, 9.17) is 28.3 Å². The lowest BCUT2D eigenvalue weighted by atomic mass is 9.84. The van der Waals surface area contributed by atoms with Gasteiger partial charge in [-0.05, 0) is 43.5 Å². The molecule has 1 aliphatic rings. The molecule has 1 unspecified atom stereocenters. The fraction of sp³-hybridized carbons (Fsp3) is 0.556. The molecule has 1 aromatic rings. The summed E-state index contributed by atoms with van der Waals surface area (Å²) < 4.78 is 0. The van der Waals surface area contributed by atoms with Gasteiger partial charge in [-0.25, -0.2) is 0 Å². The zero-order valence-corrected chi connectivity index (χ0v) is 16.0. The number of likely N-dealkylation sites (N-methyl/N-ethyl adjacent to an activating group) is 1. The molecule has 7 heteroatoms. The molecule has 2 rings (SSSR count). The number of carboxylic acid groups (broad SMARTS) is 1. The standard InChI is InChI=1S/C18H24Cl2N2O3/c1-3-22(10-17(23)24)15-8-14(9-15)21-18(25)11(2)6-12-4-5-13(19)7-16(12)20/h4-5,7,11,14-15H,3,6,8-10H2,1-2H3,(H,21,25)(H,23,24). The molecule has 1 atom stereocenters. The zero-order chi connectivity index (χ0) is 18.6. The lowest BCUT2D eigenvalue weighted by molar-refractivity contribution is -0.140. The minimum atomic E-state index is -0.817. The number of aliphatic carboxylic acids is 1. The van der Waals surface area contributed by atoms with Crippen molar-refractivity contribution in [1.82, 2.24) is 10.2 Å². The molecule has 0 aliphatic heterocycles. The highest BCUT2D eigenvalue weighted by Gasteiger charge is 2.35. The van der Waals surface area contributed by atoms with Gasteiger partial charge in [-0.3, -0.25) is 14.5 Å². The number of nitrogens with zero attached hydrogens (tertiary/aromatic N) is 1. The number of hydrogen-bond acceptors (Lipinski definition) is 3. The van der Waals surface area contributed by atoms with Gasteiger partial charge in [0.25, 0.3) is 0 Å². The van der Waals surface area contributed by atoms with Crippen LogP contribution in [-0.4, -0.2) is 47.1 Å². The summed E-state index contributed by atoms with van der Waals surface area (Å²) in [5.74, 6) is -1.02. The van der Waals surface area contributed by atoms with Crippen molar-refractivity contribution in [3.8, 4) is 0 Å². The van der Waals surface area contributed by atoms with Gasteiger partial charge in [0, 0.05) is 28.0 Å². The number of hydrogen-bond donors (Lipinski definition) is 2. The van der Waals surface area contributed by atoms with Crippen LogP contribution in [0.3, 0.4) is 0 Å². The second-order valence-electron chi connectivity index (χ2n) is 6.63. The van der Waals surface area contributed by atoms with E-state index in [-0.39, 0.29) is 30.5 Å². The summed E-state index contributed by atoms with van der Waals surface area (Å²) in [6, 6.07) is 5.64. The highest BCUT2D eigenvalue weighted by atomic mass is 35.5. The molecule has 1 aromatic carbocycles. The van der Waals surface area contributed by atoms with Gasteiger partial charge in [-0.15, -0.1) is 0 Å². The van der Waals surface area contributed by atoms with Crippen molar-refractivity contribution >= 4 is 35.1 Å². The Labute approximate surface area is 158 Å². The molecule has 2 N–H and O–H groups in total. The molecule has 0 aromatic heterocycles. The Morgan fingerprint density at radius 1 is 1.36 bits per heavy atom. The maximum atomic E-state index is 12.4. The summed E-state index contributed by atoms with van der Waals surface area (Å²) >= 11 is 12.1. The Morgan fingerprint density at radius 2 is 2.04 bits per heavy atom. The van der Waals surface area contributed by atoms with E-state index in [0.29, 0.717) is 23.0 Å². The van der Waals surface area contributed by atoms with Crippen LogP contribution in [0.5, 0.6) is 0 Å². The van der Waals surface area contributed by atoms with E-state index < -0.39 is 5.97 Å². The second kappa shape index (κ2) is 8.88. The molecule has 5 nitrogen and oxygen atoms in total. The predicted molar refractivity (Wildman–Crippen MR) is 99.2 cm³/mol. The lowest BCUT2D eigenvalue weighted by Gasteiger charge is -2.42. The third-order valence-electron chi connectivity index (χ3n) is 4.71. The van der Waals surface area contributed by atoms with Crippen molar-refractivity contribution < 1.29 is 14.7 Å². The highest BCUT2D eigenvalue weighted by Crippen LogP contribution is 2.27. The smallest absolute Gasteiger partial charge is 0.317 e. The van der Waals surface area contributed by atoms with Gasteiger partial charge in [0.15, 0.2) is 0 Å². The molecule has 1 saturated carbocycles. The number of carboxylic acids is 1. The molecular weight excluding hydrogens is 363 g/mol. The Morgan fingerprint density at radius 3 is 2.60 bits per heavy atom. The van der Waals surface area contributed by atoms with Crippen molar-refractivity contribution in [2.24, 2.45) is 5.92 Å². The van der Waals surface area contributed by atoms with Crippen molar-refractivity contribution in [3.05, 3.63) is 33.8 Å². The van der Waals surface area contributed by atoms with Gasteiger partial charge >= 0.3 is 5.97 Å². The van der Waals surface area contributed by atoms with Crippen LogP contribution in [0.25, 0.3) is 0 Å². The van der Waals surface area contributed by atoms with E-state index in [2.05, 4.69) is 5.32 Å². The Kier molecular flexibility index (Phi) is 7.11. The molecule has 25 heavy (non-hydrogen) atoms. The van der Waals surface area contributed by atoms with Crippen molar-refractivity contribution in [1.29, 1.82) is 0 Å². The van der Waals surface area contributed by atoms with E-state index in [1.165, 1.54) is 0 Å². The maximum absolute atomic E-state index is 12.4. The van der Waals surface area contributed by atoms with Crippen LogP contribution in [0.15, 0.2) is 18.2 Å². The molecule has 0 spiro atoms. The molecule has 0 bridgehead atoms. The number of halogens is 2. The Balaban J connectivity index is 1.80. The first-order valence-electron chi connectivity index (χ1n) is 8.50. The first-order chi connectivity index (χ1) is 11.8. The van der Waals surface area contributed by atoms with E-state index in [1.54, 1.807) is 12.1 Å². The van der Waals surface area contributed by atoms with E-state index in [0.717, 1.165) is 18.4 Å². The topological polar surface area (TPSA) is 69.6 Å². The van der Waals surface area contributed by atoms with Crippen molar-refractivity contribution in [3.63, 3.8) is 0 Å². The molecule has 1 amide bonds. The van der Waals surface area contributed by atoms with Gasteiger partial charge in [-0.1, -0.05) is 43.1 Å². The molecule has 0 heterocycles. The third-order valence-corrected chi connectivity index (χ3v) is 5.30. The number of amides is 1. The number of rotatable bonds is 8. The zero-order valence-electron chi connectivity index (χ0n) is 14.5. The SMILES string of the molecule is CCN(CC(=O)O)C1CC(NC(=O)C(C)Cc2ccc(Cl)cc2Cl)C1. The van der Waals surface area contributed by atoms with Crippen LogP contribution in [-0.2, 0) is 16.0 Å². The largest absolute Gasteiger partial charge is 0.480 e. The van der Waals surface area contributed by atoms with Crippen LogP contribution in [0.4, 0.5) is 0 Å². The van der Waals surface area contributed by atoms with Gasteiger partial charge in [-0.2, -0.15) is 0 Å². The Hall–Kier alpha value is -1.30. The molecule has 1 fully saturated rings. The fourth-order valence-corrected chi connectivity index (χ4v) is 3.62. The summed E-state index contributed by atoms with van der Waals surface area (Å²) in [7, 11) is 0. The normalized spacial score (nSPS) is 20.8. The fourth-order valence-electron chi connectivity index (χ4n) is 3.13. The van der Waals surface area contributed by atoms with Crippen LogP contribution in [0, 0.1) is 5.92 Å². The van der Waals surface area contributed by atoms with E-state index in [1.807, 2.05) is 24.8 Å². The molecule has 138 valence electrons. The van der Waals surface area contributed by atoms with Gasteiger partial charge < -0.3 is 10.4 Å². The predicted octanol–water partition coefficient (Wildman–Crippen LogP) is 3.23. The molecule has 0 radical (unpaired) electrons. The summed E-state index contributed by atoms with van der Waals surface area (Å²) in [4.78, 5) is 25.2. The van der Waals surface area contributed by atoms with Crippen LogP contribution in [0.1, 0.15) is 32.3 Å². The number of nitrogens with one attached hydrogen (secondary N) is 1. The average Bonchev–Trinajstić information content (AvgIpc) is 2.50. The average molecular weight is 387 g/mol. The van der Waals surface area contributed by atoms with Gasteiger partial charge in [0.1, 0.15) is 0 Å². The molecular formula is C18H24Cl2N2O3. The van der Waals surface area contributed by atoms with Crippen molar-refractivity contribution in [2.45, 2.75) is 45.2 Å². The summed E-state index contributed by atoms with van der Waals surface area (Å²) in [6.45, 7) is 4.57.